The van der Waals surface area contributed by atoms with Crippen LogP contribution in [0.25, 0.3) is 10.9 Å². The number of benzene rings is 2. The Labute approximate surface area is 123 Å². The van der Waals surface area contributed by atoms with E-state index >= 15 is 0 Å². The molecule has 20 heavy (non-hydrogen) atoms. The van der Waals surface area contributed by atoms with E-state index in [9.17, 15) is 0 Å². The van der Waals surface area contributed by atoms with E-state index in [-0.39, 0.29) is 0 Å². The predicted octanol–water partition coefficient (Wildman–Crippen LogP) is 5.19. The number of nitrogens with one attached hydrogen (secondary N) is 1. The van der Waals surface area contributed by atoms with Crippen LogP contribution in [0.15, 0.2) is 54.7 Å². The maximum atomic E-state index is 5.91. The quantitative estimate of drug-likeness (QED) is 0.715. The van der Waals surface area contributed by atoms with Crippen molar-refractivity contribution in [3.63, 3.8) is 0 Å². The minimum Gasteiger partial charge on any atom is -0.355 e. The highest BCUT2D eigenvalue weighted by molar-refractivity contribution is 6.30. The second-order valence-corrected chi connectivity index (χ2v) is 5.13. The minimum atomic E-state index is 0.739. The van der Waals surface area contributed by atoms with E-state index in [4.69, 9.17) is 11.6 Å². The maximum Gasteiger partial charge on any atom is 0.0723 e. The standard InChI is InChI=1S/C17H15ClN2/c1-2-12-3-8-16-15(11-12)17(9-10-19-16)20-14-6-4-13(18)5-7-14/h3-11H,2H2,1H3,(H,19,20). The Kier molecular flexibility index (Phi) is 3.57. The molecular weight excluding hydrogens is 268 g/mol. The molecule has 0 fully saturated rings. The van der Waals surface area contributed by atoms with Gasteiger partial charge in [-0.25, -0.2) is 0 Å². The van der Waals surface area contributed by atoms with Gasteiger partial charge in [-0.3, -0.25) is 4.98 Å². The molecule has 1 N–H and O–H groups in total. The van der Waals surface area contributed by atoms with Crippen molar-refractivity contribution in [1.82, 2.24) is 4.98 Å². The molecule has 0 aliphatic heterocycles. The molecule has 0 aliphatic rings. The summed E-state index contributed by atoms with van der Waals surface area (Å²) in [5.41, 5.74) is 4.39. The molecule has 0 amide bonds. The lowest BCUT2D eigenvalue weighted by Gasteiger charge is -2.10. The van der Waals surface area contributed by atoms with Crippen LogP contribution in [-0.4, -0.2) is 4.98 Å². The van der Waals surface area contributed by atoms with Crippen molar-refractivity contribution >= 4 is 33.9 Å². The Morgan fingerprint density at radius 1 is 1.05 bits per heavy atom. The van der Waals surface area contributed by atoms with Crippen LogP contribution in [0.5, 0.6) is 0 Å². The molecule has 0 aliphatic carbocycles. The number of aryl methyl sites for hydroxylation is 1. The van der Waals surface area contributed by atoms with E-state index in [1.807, 2.05) is 36.5 Å². The van der Waals surface area contributed by atoms with Crippen molar-refractivity contribution in [1.29, 1.82) is 0 Å². The van der Waals surface area contributed by atoms with Gasteiger partial charge in [0.1, 0.15) is 0 Å². The van der Waals surface area contributed by atoms with Gasteiger partial charge in [-0.2, -0.15) is 0 Å². The lowest BCUT2D eigenvalue weighted by Crippen LogP contribution is -1.93. The number of fused-ring (bicyclic) bond motifs is 1. The van der Waals surface area contributed by atoms with Crippen LogP contribution in [0.1, 0.15) is 12.5 Å². The van der Waals surface area contributed by atoms with Crippen LogP contribution < -0.4 is 5.32 Å². The highest BCUT2D eigenvalue weighted by Crippen LogP contribution is 2.26. The van der Waals surface area contributed by atoms with Crippen LogP contribution in [0, 0.1) is 0 Å². The summed E-state index contributed by atoms with van der Waals surface area (Å²) in [5, 5.41) is 5.31. The number of pyridine rings is 1. The van der Waals surface area contributed by atoms with E-state index in [1.165, 1.54) is 5.56 Å². The Morgan fingerprint density at radius 3 is 2.60 bits per heavy atom. The van der Waals surface area contributed by atoms with Crippen molar-refractivity contribution in [3.05, 3.63) is 65.3 Å². The topological polar surface area (TPSA) is 24.9 Å². The first-order chi connectivity index (χ1) is 9.76. The van der Waals surface area contributed by atoms with Crippen molar-refractivity contribution in [2.45, 2.75) is 13.3 Å². The van der Waals surface area contributed by atoms with Crippen molar-refractivity contribution < 1.29 is 0 Å². The fourth-order valence-corrected chi connectivity index (χ4v) is 2.34. The number of hydrogen-bond donors (Lipinski definition) is 1. The fraction of sp³-hybridized carbons (Fsp3) is 0.118. The summed E-state index contributed by atoms with van der Waals surface area (Å²) in [7, 11) is 0. The first-order valence-corrected chi connectivity index (χ1v) is 7.04. The van der Waals surface area contributed by atoms with E-state index in [2.05, 4.69) is 35.4 Å². The molecule has 3 heteroatoms. The molecule has 0 radical (unpaired) electrons. The third-order valence-electron chi connectivity index (χ3n) is 3.34. The Balaban J connectivity index is 2.04. The molecular formula is C17H15ClN2. The molecule has 0 spiro atoms. The normalized spacial score (nSPS) is 10.7. The first kappa shape index (κ1) is 12.9. The Morgan fingerprint density at radius 2 is 1.85 bits per heavy atom. The van der Waals surface area contributed by atoms with Gasteiger partial charge >= 0.3 is 0 Å². The van der Waals surface area contributed by atoms with E-state index in [0.29, 0.717) is 0 Å². The second-order valence-electron chi connectivity index (χ2n) is 4.70. The van der Waals surface area contributed by atoms with Gasteiger partial charge in [-0.1, -0.05) is 24.6 Å². The molecule has 0 atom stereocenters. The number of anilines is 2. The van der Waals surface area contributed by atoms with Gasteiger partial charge in [-0.15, -0.1) is 0 Å². The van der Waals surface area contributed by atoms with Crippen molar-refractivity contribution in [2.24, 2.45) is 0 Å². The molecule has 0 saturated carbocycles. The van der Waals surface area contributed by atoms with Gasteiger partial charge in [0.25, 0.3) is 0 Å². The largest absolute Gasteiger partial charge is 0.355 e. The third kappa shape index (κ3) is 2.61. The lowest BCUT2D eigenvalue weighted by molar-refractivity contribution is 1.14. The molecule has 0 saturated heterocycles. The Bertz CT molecular complexity index is 736. The smallest absolute Gasteiger partial charge is 0.0723 e. The SMILES string of the molecule is CCc1ccc2nccc(Nc3ccc(Cl)cc3)c2c1. The van der Waals surface area contributed by atoms with Gasteiger partial charge in [0.05, 0.1) is 5.52 Å². The molecule has 3 aromatic rings. The minimum absolute atomic E-state index is 0.739. The zero-order valence-electron chi connectivity index (χ0n) is 11.2. The summed E-state index contributed by atoms with van der Waals surface area (Å²) in [6.07, 6.45) is 2.84. The van der Waals surface area contributed by atoms with Crippen LogP contribution in [0.3, 0.4) is 0 Å². The molecule has 100 valence electrons. The van der Waals surface area contributed by atoms with E-state index in [0.717, 1.165) is 33.7 Å². The molecule has 1 heterocycles. The van der Waals surface area contributed by atoms with Gasteiger partial charge in [0, 0.05) is 28.0 Å². The summed E-state index contributed by atoms with van der Waals surface area (Å²) in [6, 6.07) is 16.1. The Hall–Kier alpha value is -2.06. The molecule has 2 aromatic carbocycles. The van der Waals surface area contributed by atoms with Crippen LogP contribution in [0.2, 0.25) is 5.02 Å². The predicted molar refractivity (Wildman–Crippen MR) is 85.9 cm³/mol. The van der Waals surface area contributed by atoms with E-state index < -0.39 is 0 Å². The molecule has 3 rings (SSSR count). The third-order valence-corrected chi connectivity index (χ3v) is 3.59. The van der Waals surface area contributed by atoms with E-state index in [1.54, 1.807) is 0 Å². The summed E-state index contributed by atoms with van der Waals surface area (Å²) in [5.74, 6) is 0. The number of rotatable bonds is 3. The second kappa shape index (κ2) is 5.51. The van der Waals surface area contributed by atoms with Gasteiger partial charge < -0.3 is 5.32 Å². The molecule has 0 bridgehead atoms. The number of halogens is 1. The maximum absolute atomic E-state index is 5.91. The lowest BCUT2D eigenvalue weighted by atomic mass is 10.1. The summed E-state index contributed by atoms with van der Waals surface area (Å²) in [4.78, 5) is 4.41. The zero-order valence-corrected chi connectivity index (χ0v) is 12.0. The average molecular weight is 283 g/mol. The average Bonchev–Trinajstić information content (AvgIpc) is 2.49. The highest BCUT2D eigenvalue weighted by atomic mass is 35.5. The first-order valence-electron chi connectivity index (χ1n) is 6.66. The van der Waals surface area contributed by atoms with Crippen LogP contribution in [0.4, 0.5) is 11.4 Å². The fourth-order valence-electron chi connectivity index (χ4n) is 2.21. The molecule has 1 aromatic heterocycles. The summed E-state index contributed by atoms with van der Waals surface area (Å²) in [6.45, 7) is 2.16. The number of hydrogen-bond acceptors (Lipinski definition) is 2. The number of nitrogens with zero attached hydrogens (tertiary/aromatic N) is 1. The van der Waals surface area contributed by atoms with Crippen LogP contribution in [-0.2, 0) is 6.42 Å². The van der Waals surface area contributed by atoms with Crippen molar-refractivity contribution in [2.75, 3.05) is 5.32 Å². The zero-order chi connectivity index (χ0) is 13.9. The highest BCUT2D eigenvalue weighted by Gasteiger charge is 2.03. The monoisotopic (exact) mass is 282 g/mol. The molecule has 2 nitrogen and oxygen atoms in total. The van der Waals surface area contributed by atoms with Gasteiger partial charge in [-0.05, 0) is 54.4 Å². The van der Waals surface area contributed by atoms with Crippen molar-refractivity contribution in [3.8, 4) is 0 Å². The number of aromatic nitrogens is 1. The van der Waals surface area contributed by atoms with Gasteiger partial charge in [0.15, 0.2) is 0 Å². The summed E-state index contributed by atoms with van der Waals surface area (Å²) < 4.78 is 0. The van der Waals surface area contributed by atoms with Crippen LogP contribution >= 0.6 is 11.6 Å². The molecule has 0 unspecified atom stereocenters. The van der Waals surface area contributed by atoms with Gasteiger partial charge in [0.2, 0.25) is 0 Å². The summed E-state index contributed by atoms with van der Waals surface area (Å²) >= 11 is 5.91.